The van der Waals surface area contributed by atoms with Crippen LogP contribution in [0, 0.1) is 6.92 Å². The summed E-state index contributed by atoms with van der Waals surface area (Å²) in [7, 11) is 0. The van der Waals surface area contributed by atoms with Crippen molar-refractivity contribution < 1.29 is 19.4 Å². The van der Waals surface area contributed by atoms with Gasteiger partial charge in [0.1, 0.15) is 5.75 Å². The summed E-state index contributed by atoms with van der Waals surface area (Å²) in [6.07, 6.45) is 0.00395. The molecule has 2 aromatic rings. The van der Waals surface area contributed by atoms with Crippen LogP contribution in [0.25, 0.3) is 0 Å². The van der Waals surface area contributed by atoms with E-state index in [-0.39, 0.29) is 11.6 Å². The molecule has 0 aliphatic rings. The number of nitrogens with zero attached hydrogens (tertiary/aromatic N) is 1. The minimum atomic E-state index is -1.43. The number of aromatic nitrogens is 1. The predicted molar refractivity (Wildman–Crippen MR) is 64.1 cm³/mol. The third-order valence-electron chi connectivity index (χ3n) is 2.14. The topological polar surface area (TPSA) is 68.7 Å². The number of rotatable bonds is 3. The lowest BCUT2D eigenvalue weighted by Crippen LogP contribution is -2.05. The monoisotopic (exact) mass is 245 g/mol. The van der Waals surface area contributed by atoms with Gasteiger partial charge in [-0.2, -0.15) is 0 Å². The molecule has 2 rings (SSSR count). The van der Waals surface area contributed by atoms with Crippen LogP contribution in [0.3, 0.4) is 0 Å². The highest BCUT2D eigenvalue weighted by Crippen LogP contribution is 2.29. The summed E-state index contributed by atoms with van der Waals surface area (Å²) in [4.78, 5) is 14.3. The first-order valence-electron chi connectivity index (χ1n) is 5.25. The van der Waals surface area contributed by atoms with E-state index in [0.717, 1.165) is 5.56 Å². The molecule has 92 valence electrons. The van der Waals surface area contributed by atoms with Gasteiger partial charge in [-0.15, -0.1) is 0 Å². The Bertz CT molecular complexity index is 568. The van der Waals surface area contributed by atoms with Crippen LogP contribution >= 0.6 is 0 Å². The van der Waals surface area contributed by atoms with Crippen molar-refractivity contribution in [2.45, 2.75) is 6.92 Å². The number of aryl methyl sites for hydroxylation is 1. The van der Waals surface area contributed by atoms with Gasteiger partial charge in [0.25, 0.3) is 5.88 Å². The first-order valence-corrected chi connectivity index (χ1v) is 5.25. The second kappa shape index (κ2) is 5.18. The summed E-state index contributed by atoms with van der Waals surface area (Å²) in [6.45, 7) is 1.94. The smallest absolute Gasteiger partial charge is 0.452 e. The molecule has 0 saturated carbocycles. The Kier molecular flexibility index (Phi) is 3.43. The van der Waals surface area contributed by atoms with E-state index in [1.165, 1.54) is 6.20 Å². The van der Waals surface area contributed by atoms with Gasteiger partial charge in [-0.25, -0.2) is 9.78 Å². The van der Waals surface area contributed by atoms with Gasteiger partial charge < -0.3 is 14.6 Å². The first-order chi connectivity index (χ1) is 8.65. The van der Waals surface area contributed by atoms with Gasteiger partial charge in [-0.3, -0.25) is 0 Å². The number of ether oxygens (including phenoxy) is 2. The van der Waals surface area contributed by atoms with Crippen LogP contribution in [0.1, 0.15) is 5.56 Å². The van der Waals surface area contributed by atoms with Gasteiger partial charge in [-0.1, -0.05) is 12.1 Å². The molecule has 0 unspecified atom stereocenters. The van der Waals surface area contributed by atoms with Crippen LogP contribution in [0.15, 0.2) is 42.6 Å². The molecule has 0 atom stereocenters. The Morgan fingerprint density at radius 3 is 2.83 bits per heavy atom. The lowest BCUT2D eigenvalue weighted by molar-refractivity contribution is 0.141. The van der Waals surface area contributed by atoms with Crippen molar-refractivity contribution in [2.75, 3.05) is 0 Å². The average molecular weight is 245 g/mol. The number of benzene rings is 1. The van der Waals surface area contributed by atoms with E-state index in [0.29, 0.717) is 5.75 Å². The van der Waals surface area contributed by atoms with Crippen LogP contribution in [0.4, 0.5) is 4.79 Å². The van der Waals surface area contributed by atoms with Crippen LogP contribution < -0.4 is 9.47 Å². The van der Waals surface area contributed by atoms with Crippen molar-refractivity contribution >= 4 is 6.16 Å². The highest BCUT2D eigenvalue weighted by Gasteiger charge is 2.10. The molecule has 0 aliphatic heterocycles. The van der Waals surface area contributed by atoms with Crippen molar-refractivity contribution in [3.8, 4) is 17.4 Å². The summed E-state index contributed by atoms with van der Waals surface area (Å²) in [6, 6.07) is 10.6. The third kappa shape index (κ3) is 2.98. The molecular formula is C13H11NO4. The molecule has 1 aromatic carbocycles. The van der Waals surface area contributed by atoms with E-state index in [9.17, 15) is 4.79 Å². The van der Waals surface area contributed by atoms with E-state index in [1.54, 1.807) is 18.2 Å². The Balaban J connectivity index is 2.26. The SMILES string of the molecule is Cc1cccc(Oc2cccnc2OC(=O)O)c1. The summed E-state index contributed by atoms with van der Waals surface area (Å²) < 4.78 is 10.1. The Morgan fingerprint density at radius 1 is 1.28 bits per heavy atom. The number of pyridine rings is 1. The normalized spacial score (nSPS) is 9.83. The largest absolute Gasteiger partial charge is 0.512 e. The number of hydrogen-bond donors (Lipinski definition) is 1. The molecule has 1 aromatic heterocycles. The Hall–Kier alpha value is -2.56. The molecule has 0 aliphatic carbocycles. The predicted octanol–water partition coefficient (Wildman–Crippen LogP) is 3.24. The van der Waals surface area contributed by atoms with Gasteiger partial charge >= 0.3 is 6.16 Å². The van der Waals surface area contributed by atoms with Crippen molar-refractivity contribution in [3.05, 3.63) is 48.2 Å². The van der Waals surface area contributed by atoms with E-state index < -0.39 is 6.16 Å². The summed E-state index contributed by atoms with van der Waals surface area (Å²) >= 11 is 0. The van der Waals surface area contributed by atoms with E-state index in [1.807, 2.05) is 25.1 Å². The fourth-order valence-corrected chi connectivity index (χ4v) is 1.42. The molecule has 5 heteroatoms. The summed E-state index contributed by atoms with van der Waals surface area (Å²) in [5, 5.41) is 8.58. The van der Waals surface area contributed by atoms with E-state index in [4.69, 9.17) is 9.84 Å². The highest BCUT2D eigenvalue weighted by molar-refractivity contribution is 5.61. The van der Waals surface area contributed by atoms with Crippen molar-refractivity contribution in [3.63, 3.8) is 0 Å². The van der Waals surface area contributed by atoms with Gasteiger partial charge in [0.2, 0.25) is 0 Å². The maximum absolute atomic E-state index is 10.5. The molecule has 1 heterocycles. The first kappa shape index (κ1) is 11.9. The van der Waals surface area contributed by atoms with E-state index >= 15 is 0 Å². The van der Waals surface area contributed by atoms with E-state index in [2.05, 4.69) is 9.72 Å². The van der Waals surface area contributed by atoms with Crippen molar-refractivity contribution in [1.29, 1.82) is 0 Å². The maximum Gasteiger partial charge on any atom is 0.512 e. The second-order valence-corrected chi connectivity index (χ2v) is 3.59. The minimum absolute atomic E-state index is 0.0773. The molecule has 0 spiro atoms. The quantitative estimate of drug-likeness (QED) is 0.840. The Morgan fingerprint density at radius 2 is 2.11 bits per heavy atom. The molecule has 1 N–H and O–H groups in total. The highest BCUT2D eigenvalue weighted by atomic mass is 16.7. The lowest BCUT2D eigenvalue weighted by Gasteiger charge is -2.08. The molecule has 18 heavy (non-hydrogen) atoms. The maximum atomic E-state index is 10.5. The van der Waals surface area contributed by atoms with Crippen LogP contribution in [0.2, 0.25) is 0 Å². The van der Waals surface area contributed by atoms with Crippen LogP contribution in [-0.4, -0.2) is 16.2 Å². The molecular weight excluding hydrogens is 234 g/mol. The average Bonchev–Trinajstić information content (AvgIpc) is 2.31. The van der Waals surface area contributed by atoms with Crippen LogP contribution in [-0.2, 0) is 0 Å². The molecule has 0 fully saturated rings. The molecule has 0 bridgehead atoms. The second-order valence-electron chi connectivity index (χ2n) is 3.59. The van der Waals surface area contributed by atoms with Crippen LogP contribution in [0.5, 0.6) is 17.4 Å². The lowest BCUT2D eigenvalue weighted by atomic mass is 10.2. The fourth-order valence-electron chi connectivity index (χ4n) is 1.42. The molecule has 0 saturated heterocycles. The number of carbonyl (C=O) groups is 1. The van der Waals surface area contributed by atoms with Gasteiger partial charge in [0, 0.05) is 6.20 Å². The molecule has 0 amide bonds. The summed E-state index contributed by atoms with van der Waals surface area (Å²) in [5.74, 6) is 0.773. The molecule has 0 radical (unpaired) electrons. The number of hydrogen-bond acceptors (Lipinski definition) is 4. The standard InChI is InChI=1S/C13H11NO4/c1-9-4-2-5-10(8-9)17-11-6-3-7-14-12(11)18-13(15)16/h2-8H,1H3,(H,15,16). The summed E-state index contributed by atoms with van der Waals surface area (Å²) in [5.41, 5.74) is 1.04. The van der Waals surface area contributed by atoms with Gasteiger partial charge in [-0.05, 0) is 36.8 Å². The van der Waals surface area contributed by atoms with Gasteiger partial charge in [0.05, 0.1) is 0 Å². The number of carboxylic acid groups (broad SMARTS) is 1. The zero-order chi connectivity index (χ0) is 13.0. The minimum Gasteiger partial charge on any atom is -0.452 e. The zero-order valence-corrected chi connectivity index (χ0v) is 9.66. The molecule has 5 nitrogen and oxygen atoms in total. The third-order valence-corrected chi connectivity index (χ3v) is 2.14. The fraction of sp³-hybridized carbons (Fsp3) is 0.0769. The van der Waals surface area contributed by atoms with Gasteiger partial charge in [0.15, 0.2) is 5.75 Å². The van der Waals surface area contributed by atoms with Crippen molar-refractivity contribution in [2.24, 2.45) is 0 Å². The van der Waals surface area contributed by atoms with Crippen molar-refractivity contribution in [1.82, 2.24) is 4.98 Å². The Labute approximate surface area is 104 Å². The zero-order valence-electron chi connectivity index (χ0n) is 9.66.